The van der Waals surface area contributed by atoms with Crippen LogP contribution in [-0.4, -0.2) is 11.9 Å². The van der Waals surface area contributed by atoms with E-state index in [1.165, 1.54) is 30.3 Å². The second-order valence-corrected chi connectivity index (χ2v) is 7.12. The number of nitrogens with zero attached hydrogens (tertiary/aromatic N) is 1. The van der Waals surface area contributed by atoms with Crippen LogP contribution in [0.4, 0.5) is 10.1 Å². The van der Waals surface area contributed by atoms with Crippen molar-refractivity contribution in [1.29, 1.82) is 5.26 Å². The summed E-state index contributed by atoms with van der Waals surface area (Å²) in [5, 5.41) is 13.7. The van der Waals surface area contributed by atoms with E-state index in [-0.39, 0.29) is 11.3 Å². The first kappa shape index (κ1) is 21.5. The Morgan fingerprint density at radius 1 is 0.909 bits per heavy atom. The Kier molecular flexibility index (Phi) is 6.24. The molecule has 0 bridgehead atoms. The Labute approximate surface area is 189 Å². The number of carbonyl (C=O) groups is 2. The highest BCUT2D eigenvalue weighted by Crippen LogP contribution is 2.22. The predicted molar refractivity (Wildman–Crippen MR) is 124 cm³/mol. The summed E-state index contributed by atoms with van der Waals surface area (Å²) in [5.41, 5.74) is 1.15. The zero-order valence-corrected chi connectivity index (χ0v) is 17.3. The Balaban J connectivity index is 1.53. The number of amides is 1. The molecule has 0 fully saturated rings. The van der Waals surface area contributed by atoms with Crippen LogP contribution in [0.1, 0.15) is 15.9 Å². The van der Waals surface area contributed by atoms with Gasteiger partial charge in [0.2, 0.25) is 0 Å². The molecule has 160 valence electrons. The molecule has 0 spiro atoms. The summed E-state index contributed by atoms with van der Waals surface area (Å²) in [6, 6.07) is 26.5. The zero-order chi connectivity index (χ0) is 23.2. The van der Waals surface area contributed by atoms with E-state index in [9.17, 15) is 19.2 Å². The third kappa shape index (κ3) is 5.12. The highest BCUT2D eigenvalue weighted by atomic mass is 19.1. The van der Waals surface area contributed by atoms with Crippen LogP contribution in [0, 0.1) is 17.1 Å². The molecule has 4 aromatic rings. The van der Waals surface area contributed by atoms with Crippen molar-refractivity contribution in [3.63, 3.8) is 0 Å². The molecule has 0 saturated heterocycles. The molecule has 0 aliphatic rings. The number of anilines is 1. The topological polar surface area (TPSA) is 79.2 Å². The average molecular weight is 436 g/mol. The monoisotopic (exact) mass is 436 g/mol. The summed E-state index contributed by atoms with van der Waals surface area (Å²) in [7, 11) is 0. The number of nitrogens with one attached hydrogen (secondary N) is 1. The standard InChI is InChI=1S/C27H17FN2O3/c28-21-11-13-22(14-12-21)30-26(31)20(17-29)15-18-5-3-8-23(16-18)33-27(32)25-10-4-7-19-6-1-2-9-24(19)25/h1-16H,(H,30,31). The highest BCUT2D eigenvalue weighted by Gasteiger charge is 2.13. The van der Waals surface area contributed by atoms with Crippen LogP contribution in [0.5, 0.6) is 5.75 Å². The van der Waals surface area contributed by atoms with Gasteiger partial charge in [0.15, 0.2) is 0 Å². The molecular weight excluding hydrogens is 419 g/mol. The van der Waals surface area contributed by atoms with Gasteiger partial charge in [-0.1, -0.05) is 48.5 Å². The molecule has 33 heavy (non-hydrogen) atoms. The van der Waals surface area contributed by atoms with Gasteiger partial charge in [-0.3, -0.25) is 4.79 Å². The van der Waals surface area contributed by atoms with Crippen LogP contribution >= 0.6 is 0 Å². The number of ether oxygens (including phenoxy) is 1. The van der Waals surface area contributed by atoms with E-state index in [1.807, 2.05) is 36.4 Å². The minimum Gasteiger partial charge on any atom is -0.423 e. The number of nitriles is 1. The van der Waals surface area contributed by atoms with E-state index in [4.69, 9.17) is 4.74 Å². The smallest absolute Gasteiger partial charge is 0.344 e. The molecule has 0 heterocycles. The molecule has 0 radical (unpaired) electrons. The Hall–Kier alpha value is -4.76. The maximum Gasteiger partial charge on any atom is 0.344 e. The molecule has 0 aliphatic heterocycles. The average Bonchev–Trinajstić information content (AvgIpc) is 2.83. The van der Waals surface area contributed by atoms with Crippen molar-refractivity contribution in [2.24, 2.45) is 0 Å². The van der Waals surface area contributed by atoms with Crippen molar-refractivity contribution in [1.82, 2.24) is 0 Å². The summed E-state index contributed by atoms with van der Waals surface area (Å²) in [5.74, 6) is -1.30. The normalized spacial score (nSPS) is 11.0. The molecule has 1 N–H and O–H groups in total. The minimum absolute atomic E-state index is 0.156. The molecule has 4 rings (SSSR count). The van der Waals surface area contributed by atoms with Crippen LogP contribution in [0.15, 0.2) is 96.6 Å². The Morgan fingerprint density at radius 2 is 1.64 bits per heavy atom. The van der Waals surface area contributed by atoms with Crippen molar-refractivity contribution in [3.8, 4) is 11.8 Å². The SMILES string of the molecule is N#CC(=Cc1cccc(OC(=O)c2cccc3ccccc23)c1)C(=O)Nc1ccc(F)cc1. The maximum atomic E-state index is 13.0. The lowest BCUT2D eigenvalue weighted by Gasteiger charge is -2.08. The van der Waals surface area contributed by atoms with Crippen LogP contribution in [0.2, 0.25) is 0 Å². The van der Waals surface area contributed by atoms with Gasteiger partial charge in [0.1, 0.15) is 23.2 Å². The molecule has 0 atom stereocenters. The predicted octanol–water partition coefficient (Wildman–Crippen LogP) is 5.74. The van der Waals surface area contributed by atoms with Gasteiger partial charge in [-0.25, -0.2) is 9.18 Å². The number of hydrogen-bond acceptors (Lipinski definition) is 4. The van der Waals surface area contributed by atoms with Crippen LogP contribution < -0.4 is 10.1 Å². The lowest BCUT2D eigenvalue weighted by Crippen LogP contribution is -2.13. The quantitative estimate of drug-likeness (QED) is 0.187. The van der Waals surface area contributed by atoms with E-state index < -0.39 is 17.7 Å². The number of halogens is 1. The largest absolute Gasteiger partial charge is 0.423 e. The minimum atomic E-state index is -0.637. The van der Waals surface area contributed by atoms with E-state index in [0.29, 0.717) is 16.8 Å². The summed E-state index contributed by atoms with van der Waals surface area (Å²) in [6.45, 7) is 0. The first-order valence-corrected chi connectivity index (χ1v) is 10.0. The van der Waals surface area contributed by atoms with Crippen molar-refractivity contribution >= 4 is 34.4 Å². The van der Waals surface area contributed by atoms with Gasteiger partial charge < -0.3 is 10.1 Å². The second kappa shape index (κ2) is 9.58. The van der Waals surface area contributed by atoms with Gasteiger partial charge >= 0.3 is 5.97 Å². The maximum absolute atomic E-state index is 13.0. The Morgan fingerprint density at radius 3 is 2.42 bits per heavy atom. The van der Waals surface area contributed by atoms with Gasteiger partial charge in [0.05, 0.1) is 5.56 Å². The third-order valence-electron chi connectivity index (χ3n) is 4.86. The van der Waals surface area contributed by atoms with Crippen LogP contribution in [-0.2, 0) is 4.79 Å². The van der Waals surface area contributed by atoms with Crippen molar-refractivity contribution < 1.29 is 18.7 Å². The van der Waals surface area contributed by atoms with E-state index >= 15 is 0 Å². The van der Waals surface area contributed by atoms with Gasteiger partial charge in [0, 0.05) is 5.69 Å². The van der Waals surface area contributed by atoms with Crippen molar-refractivity contribution in [2.75, 3.05) is 5.32 Å². The van der Waals surface area contributed by atoms with Gasteiger partial charge in [-0.05, 0) is 64.9 Å². The molecule has 0 saturated carbocycles. The van der Waals surface area contributed by atoms with Crippen molar-refractivity contribution in [2.45, 2.75) is 0 Å². The Bertz CT molecular complexity index is 1410. The number of carbonyl (C=O) groups excluding carboxylic acids is 2. The summed E-state index contributed by atoms with van der Waals surface area (Å²) < 4.78 is 18.6. The second-order valence-electron chi connectivity index (χ2n) is 7.12. The van der Waals surface area contributed by atoms with Crippen molar-refractivity contribution in [3.05, 3.63) is 114 Å². The fourth-order valence-corrected chi connectivity index (χ4v) is 3.28. The lowest BCUT2D eigenvalue weighted by molar-refractivity contribution is -0.112. The van der Waals surface area contributed by atoms with Crippen LogP contribution in [0.25, 0.3) is 16.8 Å². The van der Waals surface area contributed by atoms with Gasteiger partial charge in [-0.15, -0.1) is 0 Å². The molecule has 5 nitrogen and oxygen atoms in total. The summed E-state index contributed by atoms with van der Waals surface area (Å²) in [6.07, 6.45) is 1.38. The molecule has 6 heteroatoms. The zero-order valence-electron chi connectivity index (χ0n) is 17.3. The molecule has 4 aromatic carbocycles. The fraction of sp³-hybridized carbons (Fsp3) is 0. The van der Waals surface area contributed by atoms with E-state index in [2.05, 4.69) is 5.32 Å². The number of esters is 1. The molecule has 0 unspecified atom stereocenters. The molecule has 1 amide bonds. The number of benzene rings is 4. The molecule has 0 aromatic heterocycles. The summed E-state index contributed by atoms with van der Waals surface area (Å²) >= 11 is 0. The van der Waals surface area contributed by atoms with E-state index in [1.54, 1.807) is 36.4 Å². The lowest BCUT2D eigenvalue weighted by atomic mass is 10.0. The third-order valence-corrected chi connectivity index (χ3v) is 4.86. The molecular formula is C27H17FN2O3. The van der Waals surface area contributed by atoms with Crippen LogP contribution in [0.3, 0.4) is 0 Å². The van der Waals surface area contributed by atoms with Gasteiger partial charge in [0.25, 0.3) is 5.91 Å². The highest BCUT2D eigenvalue weighted by molar-refractivity contribution is 6.09. The van der Waals surface area contributed by atoms with E-state index in [0.717, 1.165) is 10.8 Å². The number of hydrogen-bond donors (Lipinski definition) is 1. The first-order chi connectivity index (χ1) is 16.0. The molecule has 0 aliphatic carbocycles. The number of rotatable bonds is 5. The van der Waals surface area contributed by atoms with Gasteiger partial charge in [-0.2, -0.15) is 5.26 Å². The summed E-state index contributed by atoms with van der Waals surface area (Å²) in [4.78, 5) is 25.2. The fourth-order valence-electron chi connectivity index (χ4n) is 3.28. The number of fused-ring (bicyclic) bond motifs is 1. The first-order valence-electron chi connectivity index (χ1n) is 10.0.